The number of hydrogen-bond acceptors (Lipinski definition) is 7. The summed E-state index contributed by atoms with van der Waals surface area (Å²) in [7, 11) is 2.95. The van der Waals surface area contributed by atoms with Gasteiger partial charge in [0.15, 0.2) is 0 Å². The molecule has 0 bridgehead atoms. The topological polar surface area (TPSA) is 112 Å². The van der Waals surface area contributed by atoms with Crippen LogP contribution in [0.15, 0.2) is 23.3 Å². The lowest BCUT2D eigenvalue weighted by Crippen LogP contribution is -2.34. The number of thiophene rings is 1. The number of amides is 2. The fraction of sp³-hybridized carbons (Fsp3) is 0.391. The molecule has 2 aromatic heterocycles. The van der Waals surface area contributed by atoms with Crippen LogP contribution in [0, 0.1) is 0 Å². The van der Waals surface area contributed by atoms with E-state index in [1.54, 1.807) is 17.4 Å². The first-order valence-electron chi connectivity index (χ1n) is 10.9. The van der Waals surface area contributed by atoms with E-state index in [9.17, 15) is 14.4 Å². The first-order valence-corrected chi connectivity index (χ1v) is 12.1. The Morgan fingerprint density at radius 1 is 1.15 bits per heavy atom. The monoisotopic (exact) mass is 504 g/mol. The molecule has 9 nitrogen and oxygen atoms in total. The summed E-state index contributed by atoms with van der Waals surface area (Å²) in [6.07, 6.45) is 5.49. The minimum Gasteiger partial charge on any atom is -0.495 e. The van der Waals surface area contributed by atoms with Crippen LogP contribution >= 0.6 is 22.9 Å². The van der Waals surface area contributed by atoms with E-state index in [0.717, 1.165) is 36.1 Å². The molecular weight excluding hydrogens is 480 g/mol. The molecule has 180 valence electrons. The molecule has 1 aliphatic rings. The number of rotatable bonds is 8. The van der Waals surface area contributed by atoms with E-state index >= 15 is 0 Å². The number of hydrogen-bond donors (Lipinski definition) is 2. The van der Waals surface area contributed by atoms with Crippen LogP contribution in [0.2, 0.25) is 5.02 Å². The number of carbonyl (C=O) groups excluding carboxylic acids is 2. The van der Waals surface area contributed by atoms with Crippen molar-refractivity contribution in [3.63, 3.8) is 0 Å². The Balaban J connectivity index is 1.34. The van der Waals surface area contributed by atoms with Gasteiger partial charge in [-0.3, -0.25) is 19.0 Å². The highest BCUT2D eigenvalue weighted by Gasteiger charge is 2.20. The predicted molar refractivity (Wildman–Crippen MR) is 131 cm³/mol. The van der Waals surface area contributed by atoms with Crippen molar-refractivity contribution in [2.24, 2.45) is 0 Å². The third-order valence-corrected chi connectivity index (χ3v) is 7.17. The zero-order valence-electron chi connectivity index (χ0n) is 18.9. The normalized spacial score (nSPS) is 12.8. The molecule has 0 aliphatic heterocycles. The number of ether oxygens (including phenoxy) is 2. The largest absolute Gasteiger partial charge is 0.495 e. The van der Waals surface area contributed by atoms with E-state index in [1.165, 1.54) is 36.1 Å². The Kier molecular flexibility index (Phi) is 7.38. The molecule has 3 aromatic rings. The lowest BCUT2D eigenvalue weighted by molar-refractivity contribution is -0.121. The van der Waals surface area contributed by atoms with Crippen LogP contribution in [0.1, 0.15) is 29.7 Å². The van der Waals surface area contributed by atoms with Gasteiger partial charge in [0.1, 0.15) is 22.9 Å². The first-order chi connectivity index (χ1) is 16.4. The zero-order chi connectivity index (χ0) is 24.2. The van der Waals surface area contributed by atoms with Crippen LogP contribution < -0.4 is 25.7 Å². The number of nitrogens with one attached hydrogen (secondary N) is 2. The number of halogens is 1. The van der Waals surface area contributed by atoms with Gasteiger partial charge in [-0.25, -0.2) is 4.98 Å². The van der Waals surface area contributed by atoms with Gasteiger partial charge in [-0.2, -0.15) is 0 Å². The van der Waals surface area contributed by atoms with Gasteiger partial charge in [0.2, 0.25) is 11.8 Å². The second-order valence-corrected chi connectivity index (χ2v) is 9.39. The van der Waals surface area contributed by atoms with E-state index in [1.807, 2.05) is 0 Å². The summed E-state index contributed by atoms with van der Waals surface area (Å²) in [5.41, 5.74) is 1.29. The lowest BCUT2D eigenvalue weighted by atomic mass is 9.97. The van der Waals surface area contributed by atoms with Crippen LogP contribution in [0.4, 0.5) is 5.69 Å². The number of anilines is 1. The molecule has 1 aliphatic carbocycles. The summed E-state index contributed by atoms with van der Waals surface area (Å²) < 4.78 is 11.7. The standard InChI is InChI=1S/C23H25ClN4O5S/c1-32-16-10-17(33-2)15(9-14(16)24)27-19(29)7-8-25-20(30)11-28-12-26-22-21(23(28)31)13-5-3-4-6-18(13)34-22/h9-10,12H,3-8,11H2,1-2H3,(H,25,30)(H,27,29). The van der Waals surface area contributed by atoms with E-state index in [0.29, 0.717) is 27.6 Å². The Morgan fingerprint density at radius 2 is 1.91 bits per heavy atom. The van der Waals surface area contributed by atoms with Crippen molar-refractivity contribution in [1.82, 2.24) is 14.9 Å². The predicted octanol–water partition coefficient (Wildman–Crippen LogP) is 3.15. The maximum absolute atomic E-state index is 13.0. The Hall–Kier alpha value is -3.11. The third-order valence-electron chi connectivity index (χ3n) is 5.68. The second kappa shape index (κ2) is 10.4. The smallest absolute Gasteiger partial charge is 0.262 e. The number of aromatic nitrogens is 2. The first kappa shape index (κ1) is 24.0. The minimum absolute atomic E-state index is 0.0305. The highest BCUT2D eigenvalue weighted by atomic mass is 35.5. The van der Waals surface area contributed by atoms with Crippen LogP contribution in [0.3, 0.4) is 0 Å². The summed E-state index contributed by atoms with van der Waals surface area (Å²) in [6.45, 7) is -0.0505. The Morgan fingerprint density at radius 3 is 2.68 bits per heavy atom. The van der Waals surface area contributed by atoms with Gasteiger partial charge < -0.3 is 20.1 Å². The maximum Gasteiger partial charge on any atom is 0.262 e. The molecular formula is C23H25ClN4O5S. The van der Waals surface area contributed by atoms with E-state index in [2.05, 4.69) is 15.6 Å². The molecule has 0 spiro atoms. The van der Waals surface area contributed by atoms with Crippen molar-refractivity contribution < 1.29 is 19.1 Å². The van der Waals surface area contributed by atoms with Crippen LogP contribution in [-0.2, 0) is 29.0 Å². The van der Waals surface area contributed by atoms with Crippen molar-refractivity contribution in [2.75, 3.05) is 26.1 Å². The summed E-state index contributed by atoms with van der Waals surface area (Å²) in [6, 6.07) is 3.11. The Bertz CT molecular complexity index is 1300. The molecule has 0 unspecified atom stereocenters. The molecule has 1 aromatic carbocycles. The highest BCUT2D eigenvalue weighted by molar-refractivity contribution is 7.18. The maximum atomic E-state index is 13.0. The van der Waals surface area contributed by atoms with Crippen molar-refractivity contribution in [1.29, 1.82) is 0 Å². The van der Waals surface area contributed by atoms with Gasteiger partial charge >= 0.3 is 0 Å². The van der Waals surface area contributed by atoms with E-state index in [-0.39, 0.29) is 36.9 Å². The summed E-state index contributed by atoms with van der Waals surface area (Å²) >= 11 is 7.70. The molecule has 2 N–H and O–H groups in total. The molecule has 0 atom stereocenters. The highest BCUT2D eigenvalue weighted by Crippen LogP contribution is 2.36. The fourth-order valence-corrected chi connectivity index (χ4v) is 5.45. The Labute approximate surface area is 205 Å². The molecule has 2 heterocycles. The number of carbonyl (C=O) groups is 2. The summed E-state index contributed by atoms with van der Waals surface area (Å²) in [4.78, 5) is 44.1. The molecule has 0 saturated heterocycles. The van der Waals surface area contributed by atoms with Crippen LogP contribution in [-0.4, -0.2) is 42.1 Å². The van der Waals surface area contributed by atoms with Gasteiger partial charge in [-0.05, 0) is 37.3 Å². The molecule has 0 radical (unpaired) electrons. The average molecular weight is 505 g/mol. The third kappa shape index (κ3) is 5.02. The minimum atomic E-state index is -0.370. The van der Waals surface area contributed by atoms with Gasteiger partial charge in [-0.15, -0.1) is 11.3 Å². The van der Waals surface area contributed by atoms with Crippen molar-refractivity contribution in [2.45, 2.75) is 38.6 Å². The van der Waals surface area contributed by atoms with Crippen LogP contribution in [0.5, 0.6) is 11.5 Å². The zero-order valence-corrected chi connectivity index (χ0v) is 20.5. The number of nitrogens with zero attached hydrogens (tertiary/aromatic N) is 2. The fourth-order valence-electron chi connectivity index (χ4n) is 3.99. The van der Waals surface area contributed by atoms with E-state index in [4.69, 9.17) is 21.1 Å². The molecule has 0 fully saturated rings. The van der Waals surface area contributed by atoms with Gasteiger partial charge in [0.05, 0.1) is 36.6 Å². The van der Waals surface area contributed by atoms with E-state index < -0.39 is 0 Å². The number of fused-ring (bicyclic) bond motifs is 3. The summed E-state index contributed by atoms with van der Waals surface area (Å²) in [5.74, 6) is 0.126. The van der Waals surface area contributed by atoms with Crippen molar-refractivity contribution in [3.05, 3.63) is 44.3 Å². The second-order valence-electron chi connectivity index (χ2n) is 7.90. The van der Waals surface area contributed by atoms with Crippen molar-refractivity contribution in [3.8, 4) is 11.5 Å². The average Bonchev–Trinajstić information content (AvgIpc) is 3.20. The number of aryl methyl sites for hydroxylation is 2. The quantitative estimate of drug-likeness (QED) is 0.487. The van der Waals surface area contributed by atoms with Gasteiger partial charge in [0, 0.05) is 23.9 Å². The van der Waals surface area contributed by atoms with Gasteiger partial charge in [0.25, 0.3) is 5.56 Å². The number of benzene rings is 1. The molecule has 2 amide bonds. The van der Waals surface area contributed by atoms with Gasteiger partial charge in [-0.1, -0.05) is 11.6 Å². The molecule has 0 saturated carbocycles. The van der Waals surface area contributed by atoms with Crippen molar-refractivity contribution >= 4 is 50.7 Å². The number of methoxy groups -OCH3 is 2. The summed E-state index contributed by atoms with van der Waals surface area (Å²) in [5, 5.41) is 6.36. The molecule has 4 rings (SSSR count). The lowest BCUT2D eigenvalue weighted by Gasteiger charge is -2.13. The SMILES string of the molecule is COc1cc(OC)c(NC(=O)CCNC(=O)Cn2cnc3sc4c(c3c2=O)CCCC4)cc1Cl. The molecule has 34 heavy (non-hydrogen) atoms. The van der Waals surface area contributed by atoms with Crippen LogP contribution in [0.25, 0.3) is 10.2 Å². The molecule has 11 heteroatoms.